The summed E-state index contributed by atoms with van der Waals surface area (Å²) in [6.45, 7) is 0. The van der Waals surface area contributed by atoms with Crippen LogP contribution in [-0.2, 0) is 12.8 Å². The second-order valence-corrected chi connectivity index (χ2v) is 8.00. The van der Waals surface area contributed by atoms with Gasteiger partial charge in [-0.15, -0.1) is 0 Å². The number of aromatic nitrogens is 1. The minimum absolute atomic E-state index is 0.161. The molecule has 1 N–H and O–H groups in total. The van der Waals surface area contributed by atoms with E-state index in [1.807, 2.05) is 54.6 Å². The third kappa shape index (κ3) is 4.16. The van der Waals surface area contributed by atoms with Crippen molar-refractivity contribution in [2.75, 3.05) is 5.32 Å². The fraction of sp³-hybridized carbons (Fsp3) is 0.174. The van der Waals surface area contributed by atoms with Gasteiger partial charge in [0.15, 0.2) is 0 Å². The standard InChI is InChI=1S/C23H18BrN3OS/c24-19-12-6-4-10-16(19)21-17-11-5-7-13-20(17)27-22(18(21)14-25)28-23(29)26-15-8-2-1-3-9-15/h1-4,6,8-10,12H,5,7,11,13H2,(H,26,29). The lowest BCUT2D eigenvalue weighted by Gasteiger charge is -2.22. The van der Waals surface area contributed by atoms with E-state index >= 15 is 0 Å². The fourth-order valence-electron chi connectivity index (χ4n) is 3.61. The number of nitriles is 1. The lowest BCUT2D eigenvalue weighted by Crippen LogP contribution is -2.19. The summed E-state index contributed by atoms with van der Waals surface area (Å²) in [6.07, 6.45) is 3.94. The highest BCUT2D eigenvalue weighted by Gasteiger charge is 2.25. The minimum atomic E-state index is 0.161. The van der Waals surface area contributed by atoms with E-state index in [0.717, 1.165) is 58.2 Å². The maximum Gasteiger partial charge on any atom is 0.268 e. The van der Waals surface area contributed by atoms with E-state index < -0.39 is 0 Å². The first-order chi connectivity index (χ1) is 14.2. The van der Waals surface area contributed by atoms with Gasteiger partial charge in [-0.1, -0.05) is 52.3 Å². The number of thiocarbonyl (C=S) groups is 1. The number of fused-ring (bicyclic) bond motifs is 1. The van der Waals surface area contributed by atoms with Crippen molar-refractivity contribution in [2.45, 2.75) is 25.7 Å². The molecular formula is C23H18BrN3OS. The highest BCUT2D eigenvalue weighted by molar-refractivity contribution is 9.10. The Bertz CT molecular complexity index is 1110. The molecule has 6 heteroatoms. The number of ether oxygens (including phenoxy) is 1. The summed E-state index contributed by atoms with van der Waals surface area (Å²) in [4.78, 5) is 4.69. The molecule has 0 aliphatic heterocycles. The van der Waals surface area contributed by atoms with Crippen molar-refractivity contribution in [3.8, 4) is 23.1 Å². The lowest BCUT2D eigenvalue weighted by molar-refractivity contribution is 0.527. The summed E-state index contributed by atoms with van der Waals surface area (Å²) < 4.78 is 6.82. The van der Waals surface area contributed by atoms with Gasteiger partial charge in [0, 0.05) is 21.4 Å². The number of rotatable bonds is 3. The van der Waals surface area contributed by atoms with Crippen LogP contribution >= 0.6 is 28.1 Å². The van der Waals surface area contributed by atoms with Gasteiger partial charge in [0.1, 0.15) is 11.6 Å². The Morgan fingerprint density at radius 2 is 1.79 bits per heavy atom. The molecule has 0 spiro atoms. The van der Waals surface area contributed by atoms with E-state index in [1.165, 1.54) is 0 Å². The number of pyridine rings is 1. The van der Waals surface area contributed by atoms with Crippen LogP contribution in [0.2, 0.25) is 0 Å². The number of hydrogen-bond acceptors (Lipinski definition) is 4. The molecule has 2 aromatic carbocycles. The van der Waals surface area contributed by atoms with Crippen molar-refractivity contribution in [1.29, 1.82) is 5.26 Å². The molecule has 144 valence electrons. The van der Waals surface area contributed by atoms with Crippen LogP contribution in [0.25, 0.3) is 11.1 Å². The number of halogens is 1. The summed E-state index contributed by atoms with van der Waals surface area (Å²) in [6, 6.07) is 19.8. The molecule has 0 unspecified atom stereocenters. The van der Waals surface area contributed by atoms with E-state index in [0.29, 0.717) is 5.56 Å². The van der Waals surface area contributed by atoms with Crippen molar-refractivity contribution in [1.82, 2.24) is 4.98 Å². The fourth-order valence-corrected chi connectivity index (χ4v) is 4.29. The number of nitrogens with one attached hydrogen (secondary N) is 1. The average molecular weight is 464 g/mol. The SMILES string of the molecule is N#Cc1c(OC(=S)Nc2ccccc2)nc2c(c1-c1ccccc1Br)CCCC2. The zero-order valence-electron chi connectivity index (χ0n) is 15.6. The summed E-state index contributed by atoms with van der Waals surface area (Å²) in [5.74, 6) is 0.257. The Balaban J connectivity index is 1.79. The van der Waals surface area contributed by atoms with Crippen LogP contribution in [0.3, 0.4) is 0 Å². The van der Waals surface area contributed by atoms with Gasteiger partial charge in [0.25, 0.3) is 5.17 Å². The van der Waals surface area contributed by atoms with Crippen molar-refractivity contribution in [3.05, 3.63) is 75.9 Å². The quantitative estimate of drug-likeness (QED) is 0.479. The van der Waals surface area contributed by atoms with Crippen LogP contribution in [0, 0.1) is 11.3 Å². The number of para-hydroxylation sites is 1. The summed E-state index contributed by atoms with van der Waals surface area (Å²) in [5.41, 5.74) is 5.21. The molecule has 29 heavy (non-hydrogen) atoms. The Morgan fingerprint density at radius 3 is 2.55 bits per heavy atom. The minimum Gasteiger partial charge on any atom is -0.411 e. The van der Waals surface area contributed by atoms with Gasteiger partial charge < -0.3 is 10.1 Å². The molecule has 1 aromatic heterocycles. The van der Waals surface area contributed by atoms with Crippen LogP contribution in [-0.4, -0.2) is 10.2 Å². The summed E-state index contributed by atoms with van der Waals surface area (Å²) in [7, 11) is 0. The van der Waals surface area contributed by atoms with Gasteiger partial charge in [-0.05, 0) is 67.2 Å². The number of anilines is 1. The lowest BCUT2D eigenvalue weighted by atomic mass is 9.87. The Labute approximate surface area is 183 Å². The second-order valence-electron chi connectivity index (χ2n) is 6.77. The first-order valence-corrected chi connectivity index (χ1v) is 10.6. The monoisotopic (exact) mass is 463 g/mol. The first-order valence-electron chi connectivity index (χ1n) is 9.42. The number of aryl methyl sites for hydroxylation is 1. The Morgan fingerprint density at radius 1 is 1.07 bits per heavy atom. The number of nitrogens with zero attached hydrogens (tertiary/aromatic N) is 2. The molecular weight excluding hydrogens is 446 g/mol. The molecule has 1 aliphatic rings. The third-order valence-electron chi connectivity index (χ3n) is 4.91. The van der Waals surface area contributed by atoms with Crippen LogP contribution in [0.5, 0.6) is 5.88 Å². The van der Waals surface area contributed by atoms with Gasteiger partial charge in [-0.25, -0.2) is 4.98 Å². The van der Waals surface area contributed by atoms with Gasteiger partial charge in [0.05, 0.1) is 0 Å². The Hall–Kier alpha value is -2.75. The topological polar surface area (TPSA) is 57.9 Å². The highest BCUT2D eigenvalue weighted by Crippen LogP contribution is 2.40. The Kier molecular flexibility index (Phi) is 5.89. The van der Waals surface area contributed by atoms with Crippen LogP contribution in [0.15, 0.2) is 59.1 Å². The normalized spacial score (nSPS) is 12.6. The summed E-state index contributed by atoms with van der Waals surface area (Å²) >= 11 is 9.01. The first kappa shape index (κ1) is 19.6. The summed E-state index contributed by atoms with van der Waals surface area (Å²) in [5, 5.41) is 13.2. The van der Waals surface area contributed by atoms with Gasteiger partial charge in [-0.3, -0.25) is 0 Å². The largest absolute Gasteiger partial charge is 0.411 e. The van der Waals surface area contributed by atoms with Crippen molar-refractivity contribution in [3.63, 3.8) is 0 Å². The maximum absolute atomic E-state index is 10.0. The second kappa shape index (κ2) is 8.73. The highest BCUT2D eigenvalue weighted by atomic mass is 79.9. The number of hydrogen-bond donors (Lipinski definition) is 1. The molecule has 0 bridgehead atoms. The molecule has 0 atom stereocenters. The van der Waals surface area contributed by atoms with E-state index in [2.05, 4.69) is 27.3 Å². The van der Waals surface area contributed by atoms with E-state index in [1.54, 1.807) is 0 Å². The van der Waals surface area contributed by atoms with Crippen molar-refractivity contribution >= 4 is 39.0 Å². The molecule has 0 amide bonds. The molecule has 0 fully saturated rings. The molecule has 3 aromatic rings. The van der Waals surface area contributed by atoms with Gasteiger partial charge in [-0.2, -0.15) is 5.26 Å². The van der Waals surface area contributed by atoms with E-state index in [9.17, 15) is 5.26 Å². The van der Waals surface area contributed by atoms with E-state index in [-0.39, 0.29) is 11.1 Å². The predicted molar refractivity (Wildman–Crippen MR) is 122 cm³/mol. The average Bonchev–Trinajstić information content (AvgIpc) is 2.74. The van der Waals surface area contributed by atoms with Crippen LogP contribution < -0.4 is 10.1 Å². The zero-order valence-corrected chi connectivity index (χ0v) is 18.0. The molecule has 0 saturated heterocycles. The molecule has 4 nitrogen and oxygen atoms in total. The molecule has 1 aliphatic carbocycles. The van der Waals surface area contributed by atoms with Crippen LogP contribution in [0.4, 0.5) is 5.69 Å². The molecule has 0 saturated carbocycles. The smallest absolute Gasteiger partial charge is 0.268 e. The molecule has 1 heterocycles. The van der Waals surface area contributed by atoms with E-state index in [4.69, 9.17) is 21.9 Å². The van der Waals surface area contributed by atoms with Gasteiger partial charge >= 0.3 is 0 Å². The molecule has 0 radical (unpaired) electrons. The molecule has 4 rings (SSSR count). The van der Waals surface area contributed by atoms with Crippen molar-refractivity contribution in [2.24, 2.45) is 0 Å². The van der Waals surface area contributed by atoms with Gasteiger partial charge in [0.2, 0.25) is 5.88 Å². The maximum atomic E-state index is 10.0. The predicted octanol–water partition coefficient (Wildman–Crippen LogP) is 6.04. The van der Waals surface area contributed by atoms with Crippen molar-refractivity contribution < 1.29 is 4.74 Å². The third-order valence-corrected chi connectivity index (χ3v) is 5.78. The zero-order chi connectivity index (χ0) is 20.2. The van der Waals surface area contributed by atoms with Crippen LogP contribution in [0.1, 0.15) is 29.7 Å². The number of benzene rings is 2.